The number of nitrogens with two attached hydrogens (primary N) is 2. The molecule has 7 N–H and O–H groups in total. The van der Waals surface area contributed by atoms with Crippen LogP contribution in [0.1, 0.15) is 52.5 Å². The molecule has 0 radical (unpaired) electrons. The Morgan fingerprint density at radius 1 is 1.38 bits per heavy atom. The van der Waals surface area contributed by atoms with Crippen LogP contribution in [0.15, 0.2) is 6.33 Å². The van der Waals surface area contributed by atoms with Crippen LogP contribution in [0.4, 0.5) is 5.82 Å². The minimum Gasteiger partial charge on any atom is -0.388 e. The summed E-state index contributed by atoms with van der Waals surface area (Å²) in [6, 6.07) is 0. The van der Waals surface area contributed by atoms with E-state index in [9.17, 15) is 0 Å². The van der Waals surface area contributed by atoms with Crippen LogP contribution in [-0.4, -0.2) is 41.9 Å². The van der Waals surface area contributed by atoms with Crippen LogP contribution in [0.2, 0.25) is 0 Å². The van der Waals surface area contributed by atoms with Crippen LogP contribution < -0.4 is 11.5 Å². The molecule has 0 saturated carbocycles. The molecule has 1 saturated heterocycles. The Morgan fingerprint density at radius 3 is 2.42 bits per heavy atom. The highest BCUT2D eigenvalue weighted by molar-refractivity contribution is 7.80. The highest BCUT2D eigenvalue weighted by Crippen LogP contribution is 2.46. The van der Waals surface area contributed by atoms with Crippen molar-refractivity contribution < 1.29 is 23.9 Å². The predicted octanol–water partition coefficient (Wildman–Crippen LogP) is 1.50. The number of thiocarbonyl (C=S) groups is 1. The van der Waals surface area contributed by atoms with Gasteiger partial charge in [-0.2, -0.15) is 19.2 Å². The van der Waals surface area contributed by atoms with Crippen molar-refractivity contribution >= 4 is 31.2 Å². The van der Waals surface area contributed by atoms with Gasteiger partial charge in [-0.3, -0.25) is 4.57 Å². The van der Waals surface area contributed by atoms with Crippen LogP contribution in [0.5, 0.6) is 0 Å². The second-order valence-corrected chi connectivity index (χ2v) is 6.07. The average Bonchev–Trinajstić information content (AvgIpc) is 3.15. The summed E-state index contributed by atoms with van der Waals surface area (Å²) in [5.74, 6) is 0.317. The van der Waals surface area contributed by atoms with Gasteiger partial charge in [0.15, 0.2) is 0 Å². The molecule has 2 rings (SSSR count). The van der Waals surface area contributed by atoms with Crippen LogP contribution in [0, 0.1) is 0 Å². The van der Waals surface area contributed by atoms with Gasteiger partial charge >= 0.3 is 8.17 Å². The molecule has 1 aromatic heterocycles. The molecule has 0 amide bonds. The van der Waals surface area contributed by atoms with Gasteiger partial charge in [0, 0.05) is 0 Å². The zero-order valence-electron chi connectivity index (χ0n) is 14.4. The third kappa shape index (κ3) is 6.94. The maximum atomic E-state index is 8.75. The zero-order valence-corrected chi connectivity index (χ0v) is 16.1. The van der Waals surface area contributed by atoms with Crippen LogP contribution >= 0.6 is 20.4 Å². The minimum absolute atomic E-state index is 0.106. The Bertz CT molecular complexity index is 509. The second kappa shape index (κ2) is 10.9. The highest BCUT2D eigenvalue weighted by atomic mass is 32.1. The van der Waals surface area contributed by atoms with E-state index in [1.54, 1.807) is 4.57 Å². The summed E-state index contributed by atoms with van der Waals surface area (Å²) in [7, 11) is -4.24. The van der Waals surface area contributed by atoms with Crippen molar-refractivity contribution in [1.82, 2.24) is 9.55 Å². The monoisotopic (exact) mass is 383 g/mol. The summed E-state index contributed by atoms with van der Waals surface area (Å²) in [4.78, 5) is 30.4. The number of hydrogen-bond acceptors (Lipinski definition) is 8. The van der Waals surface area contributed by atoms with Gasteiger partial charge in [-0.15, -0.1) is 0 Å². The van der Waals surface area contributed by atoms with Crippen molar-refractivity contribution in [2.45, 2.75) is 52.9 Å². The smallest absolute Gasteiger partial charge is 0.388 e. The number of anilines is 1. The van der Waals surface area contributed by atoms with Gasteiger partial charge in [-0.05, 0) is 12.8 Å². The minimum atomic E-state index is -4.24. The summed E-state index contributed by atoms with van der Waals surface area (Å²) in [6.07, 6.45) is 2.01. The first-order valence-corrected chi connectivity index (χ1v) is 9.74. The van der Waals surface area contributed by atoms with Crippen molar-refractivity contribution in [3.63, 3.8) is 0 Å². The van der Waals surface area contributed by atoms with Crippen molar-refractivity contribution in [3.8, 4) is 0 Å². The number of nitrogen functional groups attached to an aromatic ring is 1. The van der Waals surface area contributed by atoms with E-state index in [2.05, 4.69) is 9.51 Å². The summed E-state index contributed by atoms with van der Waals surface area (Å²) in [5, 5.41) is 0. The Balaban J connectivity index is 0.00000123. The fraction of sp³-hybridized carbons (Fsp3) is 0.692. The zero-order chi connectivity index (χ0) is 18.9. The van der Waals surface area contributed by atoms with Gasteiger partial charge < -0.3 is 16.2 Å². The molecule has 2 unspecified atom stereocenters. The molecule has 0 bridgehead atoms. The van der Waals surface area contributed by atoms with Gasteiger partial charge in [0.05, 0.1) is 12.4 Å². The number of rotatable bonds is 5. The first kappa shape index (κ1) is 23.1. The summed E-state index contributed by atoms with van der Waals surface area (Å²) in [5.41, 5.74) is 11.7. The van der Waals surface area contributed by atoms with Gasteiger partial charge in [0.25, 0.3) is 0 Å². The number of aromatic nitrogens is 2. The summed E-state index contributed by atoms with van der Waals surface area (Å²) >= 11 is 4.82. The molecule has 1 aromatic rings. The number of hydrogen-bond donors (Lipinski definition) is 5. The first-order valence-electron chi connectivity index (χ1n) is 7.77. The first-order chi connectivity index (χ1) is 11.3. The van der Waals surface area contributed by atoms with Crippen LogP contribution in [0.3, 0.4) is 0 Å². The van der Waals surface area contributed by atoms with E-state index >= 15 is 0 Å². The van der Waals surface area contributed by atoms with Crippen molar-refractivity contribution in [3.05, 3.63) is 12.0 Å². The molecule has 140 valence electrons. The molecule has 11 heteroatoms. The standard InChI is InChI=1S/C9H15N4O5PS.2C2H6/c10-8-7(9(11)20)12-4-13(8)6-2-1-5(18-6)3-17-19(14,15)16;2*1-2/h4-6,14-16H,1-3H2,(H3-,10,11,20);2*1-2H3/p+1. The van der Waals surface area contributed by atoms with E-state index in [4.69, 9.17) is 43.1 Å². The van der Waals surface area contributed by atoms with Crippen molar-refractivity contribution in [2.75, 3.05) is 12.3 Å². The summed E-state index contributed by atoms with van der Waals surface area (Å²) < 4.78 is 11.8. The van der Waals surface area contributed by atoms with E-state index in [0.717, 1.165) is 0 Å². The van der Waals surface area contributed by atoms with Gasteiger partial charge in [0.1, 0.15) is 29.3 Å². The number of ether oxygens (including phenoxy) is 1. The molecule has 9 nitrogen and oxygen atoms in total. The predicted molar refractivity (Wildman–Crippen MR) is 97.9 cm³/mol. The molecule has 0 aromatic carbocycles. The van der Waals surface area contributed by atoms with Crippen LogP contribution in [0.25, 0.3) is 0 Å². The normalized spacial score (nSPS) is 19.8. The topological polar surface area (TPSA) is 149 Å². The largest absolute Gasteiger partial charge is 0.567 e. The fourth-order valence-corrected chi connectivity index (χ4v) is 2.51. The van der Waals surface area contributed by atoms with E-state index < -0.39 is 8.17 Å². The molecular weight excluding hydrogens is 355 g/mol. The number of nitrogens with zero attached hydrogens (tertiary/aromatic N) is 2. The Morgan fingerprint density at radius 2 is 1.96 bits per heavy atom. The summed E-state index contributed by atoms with van der Waals surface area (Å²) in [6.45, 7) is 7.88. The van der Waals surface area contributed by atoms with Crippen molar-refractivity contribution in [2.24, 2.45) is 5.73 Å². The number of imidazole rings is 1. The maximum Gasteiger partial charge on any atom is 0.567 e. The molecule has 1 aliphatic heterocycles. The molecule has 2 atom stereocenters. The Hall–Kier alpha value is -0.870. The highest BCUT2D eigenvalue weighted by Gasteiger charge is 2.37. The quantitative estimate of drug-likeness (QED) is 0.376. The molecule has 1 aliphatic rings. The molecule has 2 heterocycles. The van der Waals surface area contributed by atoms with Gasteiger partial charge in [-0.25, -0.2) is 4.98 Å². The van der Waals surface area contributed by atoms with Crippen LogP contribution in [-0.2, 0) is 9.26 Å². The lowest BCUT2D eigenvalue weighted by atomic mass is 10.2. The van der Waals surface area contributed by atoms with Crippen molar-refractivity contribution in [1.29, 1.82) is 0 Å². The second-order valence-electron chi connectivity index (χ2n) is 4.35. The SMILES string of the molecule is CC.CC.NC(=S)c1ncn(C2CCC(CO[P+](O)(O)O)O2)c1N. The third-order valence-corrected chi connectivity index (χ3v) is 3.58. The Kier molecular flexibility index (Phi) is 10.5. The maximum absolute atomic E-state index is 8.75. The van der Waals surface area contributed by atoms with E-state index in [0.29, 0.717) is 24.4 Å². The average molecular weight is 383 g/mol. The lowest BCUT2D eigenvalue weighted by Gasteiger charge is -2.15. The lowest BCUT2D eigenvalue weighted by molar-refractivity contribution is -0.0241. The fourth-order valence-electron chi connectivity index (χ4n) is 1.99. The Labute approximate surface area is 148 Å². The van der Waals surface area contributed by atoms with Gasteiger partial charge in [-0.1, -0.05) is 39.9 Å². The van der Waals surface area contributed by atoms with E-state index in [1.165, 1.54) is 6.33 Å². The third-order valence-electron chi connectivity index (χ3n) is 2.89. The lowest BCUT2D eigenvalue weighted by Crippen LogP contribution is -2.18. The van der Waals surface area contributed by atoms with Gasteiger partial charge in [0.2, 0.25) is 0 Å². The molecule has 1 fully saturated rings. The molecule has 0 aliphatic carbocycles. The molecule has 0 spiro atoms. The van der Waals surface area contributed by atoms with E-state index in [-0.39, 0.29) is 23.9 Å². The molecule has 24 heavy (non-hydrogen) atoms. The van der Waals surface area contributed by atoms with E-state index in [1.807, 2.05) is 27.7 Å². The molecular formula is C13H28N4O5PS+.